The Morgan fingerprint density at radius 1 is 0.960 bits per heavy atom. The first kappa shape index (κ1) is 19.8. The summed E-state index contributed by atoms with van der Waals surface area (Å²) < 4.78 is 2.26. The van der Waals surface area contributed by atoms with E-state index in [1.54, 1.807) is 0 Å². The molecule has 1 aliphatic carbocycles. The van der Waals surface area contributed by atoms with Crippen molar-refractivity contribution in [2.24, 2.45) is 7.05 Å². The van der Waals surface area contributed by atoms with Crippen molar-refractivity contribution in [3.05, 3.63) is 57.5 Å². The summed E-state index contributed by atoms with van der Waals surface area (Å²) in [7, 11) is 2.12. The lowest BCUT2D eigenvalue weighted by Crippen LogP contribution is -2.22. The Hall–Kier alpha value is -1.57. The van der Waals surface area contributed by atoms with Crippen LogP contribution in [0.15, 0.2) is 35.2 Å². The lowest BCUT2D eigenvalue weighted by atomic mass is 9.99. The maximum atomic E-state index is 12.3. The van der Waals surface area contributed by atoms with Gasteiger partial charge < -0.3 is 4.57 Å². The molecule has 0 radical (unpaired) electrons. The van der Waals surface area contributed by atoms with E-state index in [1.165, 1.54) is 69.2 Å². The Bertz CT molecular complexity index is 636. The highest BCUT2D eigenvalue weighted by Gasteiger charge is 2.13. The summed E-state index contributed by atoms with van der Waals surface area (Å²) in [6, 6.07) is 1.87. The molecule has 0 fully saturated rings. The Balaban J connectivity index is 1.66. The second-order valence-corrected chi connectivity index (χ2v) is 7.28. The van der Waals surface area contributed by atoms with Crippen LogP contribution < -0.4 is 5.43 Å². The van der Waals surface area contributed by atoms with E-state index in [9.17, 15) is 4.79 Å². The molecule has 0 bridgehead atoms. The summed E-state index contributed by atoms with van der Waals surface area (Å²) in [5, 5.41) is 0. The minimum absolute atomic E-state index is 0.237. The number of fused-ring (bicyclic) bond motifs is 1. The molecule has 0 unspecified atom stereocenters. The van der Waals surface area contributed by atoms with Gasteiger partial charge in [-0.25, -0.2) is 0 Å². The van der Waals surface area contributed by atoms with Crippen molar-refractivity contribution < 1.29 is 0 Å². The summed E-state index contributed by atoms with van der Waals surface area (Å²) in [5.41, 5.74) is 3.66. The first-order valence-electron chi connectivity index (χ1n) is 10.2. The molecule has 0 N–H and O–H groups in total. The highest BCUT2D eigenvalue weighted by atomic mass is 16.1. The lowest BCUT2D eigenvalue weighted by Gasteiger charge is -2.19. The van der Waals surface area contributed by atoms with E-state index >= 15 is 0 Å². The van der Waals surface area contributed by atoms with Crippen molar-refractivity contribution >= 4 is 0 Å². The van der Waals surface area contributed by atoms with E-state index in [1.807, 2.05) is 6.07 Å². The SMILES string of the molecule is CCCCCC=CCCCCCCc1cc(=O)c2c(n1C)CC=CC2. The fraction of sp³-hybridized carbons (Fsp3) is 0.609. The van der Waals surface area contributed by atoms with Gasteiger partial charge in [0.15, 0.2) is 5.43 Å². The van der Waals surface area contributed by atoms with Crippen molar-refractivity contribution in [3.63, 3.8) is 0 Å². The third-order valence-electron chi connectivity index (χ3n) is 5.27. The van der Waals surface area contributed by atoms with Gasteiger partial charge >= 0.3 is 0 Å². The summed E-state index contributed by atoms with van der Waals surface area (Å²) in [4.78, 5) is 12.3. The quantitative estimate of drug-likeness (QED) is 0.375. The molecule has 0 aliphatic heterocycles. The maximum Gasteiger partial charge on any atom is 0.185 e. The van der Waals surface area contributed by atoms with Crippen LogP contribution in [-0.2, 0) is 26.3 Å². The van der Waals surface area contributed by atoms with E-state index in [0.29, 0.717) is 0 Å². The Kier molecular flexibility index (Phi) is 8.79. The summed E-state index contributed by atoms with van der Waals surface area (Å²) in [6.45, 7) is 2.25. The average molecular weight is 342 g/mol. The van der Waals surface area contributed by atoms with Gasteiger partial charge in [0.1, 0.15) is 0 Å². The molecule has 0 amide bonds. The van der Waals surface area contributed by atoms with Gasteiger partial charge in [-0.1, -0.05) is 56.9 Å². The second kappa shape index (κ2) is 11.1. The van der Waals surface area contributed by atoms with Crippen molar-refractivity contribution in [2.45, 2.75) is 84.0 Å². The van der Waals surface area contributed by atoms with Gasteiger partial charge in [-0.15, -0.1) is 0 Å². The van der Waals surface area contributed by atoms with Crippen molar-refractivity contribution in [3.8, 4) is 0 Å². The number of nitrogens with zero attached hydrogens (tertiary/aromatic N) is 1. The molecular formula is C23H35NO. The number of aryl methyl sites for hydroxylation is 1. The summed E-state index contributed by atoms with van der Waals surface area (Å²) in [6.07, 6.45) is 23.2. The Morgan fingerprint density at radius 3 is 2.40 bits per heavy atom. The van der Waals surface area contributed by atoms with Gasteiger partial charge in [0.2, 0.25) is 0 Å². The molecule has 2 rings (SSSR count). The van der Waals surface area contributed by atoms with Crippen molar-refractivity contribution in [2.75, 3.05) is 0 Å². The van der Waals surface area contributed by atoms with Crippen LogP contribution in [0.4, 0.5) is 0 Å². The number of hydrogen-bond acceptors (Lipinski definition) is 1. The topological polar surface area (TPSA) is 22.0 Å². The van der Waals surface area contributed by atoms with Crippen LogP contribution in [0.1, 0.15) is 81.7 Å². The molecule has 1 aliphatic rings. The first-order valence-corrected chi connectivity index (χ1v) is 10.2. The number of pyridine rings is 1. The van der Waals surface area contributed by atoms with Gasteiger partial charge in [0.05, 0.1) is 0 Å². The molecule has 2 heteroatoms. The molecular weight excluding hydrogens is 306 g/mol. The number of hydrogen-bond donors (Lipinski definition) is 0. The van der Waals surface area contributed by atoms with Gasteiger partial charge in [0, 0.05) is 36.5 Å². The fourth-order valence-corrected chi connectivity index (χ4v) is 3.64. The molecule has 1 aromatic rings. The van der Waals surface area contributed by atoms with Gasteiger partial charge in [0.25, 0.3) is 0 Å². The van der Waals surface area contributed by atoms with Crippen LogP contribution >= 0.6 is 0 Å². The predicted molar refractivity (Wildman–Crippen MR) is 108 cm³/mol. The van der Waals surface area contributed by atoms with Crippen LogP contribution in [0.25, 0.3) is 0 Å². The minimum atomic E-state index is 0.237. The Labute approximate surface area is 153 Å². The molecule has 0 saturated heterocycles. The minimum Gasteiger partial charge on any atom is -0.351 e. The lowest BCUT2D eigenvalue weighted by molar-refractivity contribution is 0.621. The van der Waals surface area contributed by atoms with Crippen LogP contribution in [0.2, 0.25) is 0 Å². The summed E-state index contributed by atoms with van der Waals surface area (Å²) >= 11 is 0. The molecule has 0 saturated carbocycles. The second-order valence-electron chi connectivity index (χ2n) is 7.28. The fourth-order valence-electron chi connectivity index (χ4n) is 3.64. The normalized spacial score (nSPS) is 13.5. The monoisotopic (exact) mass is 341 g/mol. The number of aromatic nitrogens is 1. The zero-order valence-electron chi connectivity index (χ0n) is 16.2. The van der Waals surface area contributed by atoms with Gasteiger partial charge in [-0.2, -0.15) is 0 Å². The standard InChI is InChI=1S/C23H35NO/c1-3-4-5-6-7-8-9-10-11-12-13-16-20-19-23(25)21-17-14-15-18-22(21)24(20)2/h7-8,14-15,19H,3-6,9-13,16-18H2,1-2H3. The van der Waals surface area contributed by atoms with Crippen molar-refractivity contribution in [1.29, 1.82) is 0 Å². The van der Waals surface area contributed by atoms with Crippen molar-refractivity contribution in [1.82, 2.24) is 4.57 Å². The average Bonchev–Trinajstić information content (AvgIpc) is 2.63. The molecule has 138 valence electrons. The van der Waals surface area contributed by atoms with E-state index < -0.39 is 0 Å². The zero-order chi connectivity index (χ0) is 17.9. The molecule has 0 spiro atoms. The predicted octanol–water partition coefficient (Wildman–Crippen LogP) is 5.67. The summed E-state index contributed by atoms with van der Waals surface area (Å²) in [5.74, 6) is 0. The van der Waals surface area contributed by atoms with E-state index in [4.69, 9.17) is 0 Å². The third kappa shape index (κ3) is 6.34. The van der Waals surface area contributed by atoms with Crippen LogP contribution in [0.3, 0.4) is 0 Å². The van der Waals surface area contributed by atoms with Crippen LogP contribution in [0.5, 0.6) is 0 Å². The highest BCUT2D eigenvalue weighted by Crippen LogP contribution is 2.16. The smallest absolute Gasteiger partial charge is 0.185 e. The molecule has 25 heavy (non-hydrogen) atoms. The molecule has 1 aromatic heterocycles. The van der Waals surface area contributed by atoms with E-state index in [2.05, 4.69) is 42.8 Å². The number of allylic oxidation sites excluding steroid dienone is 4. The molecule has 0 aromatic carbocycles. The van der Waals surface area contributed by atoms with E-state index in [-0.39, 0.29) is 5.43 Å². The molecule has 0 atom stereocenters. The Morgan fingerprint density at radius 2 is 1.64 bits per heavy atom. The number of unbranched alkanes of at least 4 members (excludes halogenated alkanes) is 7. The highest BCUT2D eigenvalue weighted by molar-refractivity contribution is 5.31. The largest absolute Gasteiger partial charge is 0.351 e. The van der Waals surface area contributed by atoms with Crippen LogP contribution in [-0.4, -0.2) is 4.57 Å². The zero-order valence-corrected chi connectivity index (χ0v) is 16.2. The third-order valence-corrected chi connectivity index (χ3v) is 5.27. The molecule has 1 heterocycles. The maximum absolute atomic E-state index is 12.3. The van der Waals surface area contributed by atoms with Gasteiger partial charge in [-0.05, 0) is 44.9 Å². The molecule has 2 nitrogen and oxygen atoms in total. The van der Waals surface area contributed by atoms with Crippen LogP contribution in [0, 0.1) is 0 Å². The number of rotatable bonds is 11. The van der Waals surface area contributed by atoms with Gasteiger partial charge in [-0.3, -0.25) is 4.79 Å². The first-order chi connectivity index (χ1) is 12.2. The van der Waals surface area contributed by atoms with E-state index in [0.717, 1.165) is 24.8 Å².